The molecule has 0 unspecified atom stereocenters. The zero-order valence-corrected chi connectivity index (χ0v) is 23.1. The maximum atomic E-state index is 10.1. The Kier molecular flexibility index (Phi) is 22.5. The van der Waals surface area contributed by atoms with Gasteiger partial charge in [-0.2, -0.15) is 0 Å². The summed E-state index contributed by atoms with van der Waals surface area (Å²) in [6.07, 6.45) is 0. The van der Waals surface area contributed by atoms with Crippen molar-refractivity contribution in [3.8, 4) is 0 Å². The number of carbonyl (C=O) groups is 3. The van der Waals surface area contributed by atoms with Crippen molar-refractivity contribution in [3.05, 3.63) is 108 Å². The van der Waals surface area contributed by atoms with E-state index in [4.69, 9.17) is 0 Å². The van der Waals surface area contributed by atoms with Crippen LogP contribution < -0.4 is 104 Å². The first-order valence-corrected chi connectivity index (χ1v) is 7.71. The fraction of sp³-hybridized carbons (Fsp3) is 0. The summed E-state index contributed by atoms with van der Waals surface area (Å²) in [5.74, 6) is -3.39. The molecule has 9 heteroatoms. The van der Waals surface area contributed by atoms with E-state index in [1.807, 2.05) is 0 Å². The first-order chi connectivity index (χ1) is 12.9. The number of rotatable bonds is 3. The third-order valence-corrected chi connectivity index (χ3v) is 3.03. The Hall–Kier alpha value is -0.930. The van der Waals surface area contributed by atoms with Crippen molar-refractivity contribution >= 4 is 17.9 Å². The fourth-order valence-corrected chi connectivity index (χ4v) is 1.72. The van der Waals surface area contributed by atoms with E-state index in [1.165, 1.54) is 36.4 Å². The average molecular weight is 432 g/mol. The third kappa shape index (κ3) is 15.0. The molecule has 3 aromatic rings. The molecule has 0 bridgehead atoms. The minimum atomic E-state index is -1.13. The maximum absolute atomic E-state index is 10.1. The fourth-order valence-electron chi connectivity index (χ4n) is 1.72. The van der Waals surface area contributed by atoms with E-state index in [9.17, 15) is 29.7 Å². The van der Waals surface area contributed by atoms with Gasteiger partial charge in [-0.3, -0.25) is 0 Å². The minimum absolute atomic E-state index is 0. The normalized spacial score (nSPS) is 8.00. The molecular formula is C21H15Na3O6. The van der Waals surface area contributed by atoms with Gasteiger partial charge < -0.3 is 29.7 Å². The summed E-state index contributed by atoms with van der Waals surface area (Å²) in [6, 6.07) is 24.2. The first-order valence-electron chi connectivity index (χ1n) is 7.71. The van der Waals surface area contributed by atoms with Crippen molar-refractivity contribution in [2.24, 2.45) is 0 Å². The number of carbonyl (C=O) groups excluding carboxylic acids is 3. The number of hydrogen-bond acceptors (Lipinski definition) is 6. The molecule has 6 nitrogen and oxygen atoms in total. The summed E-state index contributed by atoms with van der Waals surface area (Å²) in [7, 11) is 0. The zero-order valence-electron chi connectivity index (χ0n) is 17.1. The summed E-state index contributed by atoms with van der Waals surface area (Å²) >= 11 is 0. The second kappa shape index (κ2) is 20.0. The van der Waals surface area contributed by atoms with E-state index < -0.39 is 17.9 Å². The third-order valence-electron chi connectivity index (χ3n) is 3.03. The van der Waals surface area contributed by atoms with E-state index in [2.05, 4.69) is 0 Å². The predicted molar refractivity (Wildman–Crippen MR) is 92.3 cm³/mol. The van der Waals surface area contributed by atoms with Crippen LogP contribution in [0.5, 0.6) is 0 Å². The molecule has 0 atom stereocenters. The Morgan fingerprint density at radius 3 is 0.667 bits per heavy atom. The van der Waals surface area contributed by atoms with Crippen LogP contribution >= 0.6 is 0 Å². The van der Waals surface area contributed by atoms with Crippen molar-refractivity contribution in [1.29, 1.82) is 0 Å². The van der Waals surface area contributed by atoms with Gasteiger partial charge in [-0.25, -0.2) is 0 Å². The molecule has 0 fully saturated rings. The van der Waals surface area contributed by atoms with Crippen LogP contribution in [0.4, 0.5) is 0 Å². The van der Waals surface area contributed by atoms with E-state index in [0.29, 0.717) is 0 Å². The quantitative estimate of drug-likeness (QED) is 0.379. The first kappa shape index (κ1) is 33.7. The molecule has 0 saturated carbocycles. The SMILES string of the molecule is O=C([O-])c1ccccc1.O=C([O-])c1ccccc1.O=C([O-])c1ccccc1.[Na+].[Na+].[Na+]. The standard InChI is InChI=1S/3C7H6O2.3Na/c3*8-7(9)6-4-2-1-3-5-6;;;/h3*1-5H,(H,8,9);;;/q;;;3*+1/p-3. The van der Waals surface area contributed by atoms with Gasteiger partial charge >= 0.3 is 88.7 Å². The second-order valence-electron chi connectivity index (χ2n) is 4.96. The van der Waals surface area contributed by atoms with Gasteiger partial charge in [0.1, 0.15) is 0 Å². The summed E-state index contributed by atoms with van der Waals surface area (Å²) in [4.78, 5) is 30.3. The van der Waals surface area contributed by atoms with Gasteiger partial charge in [0.15, 0.2) is 0 Å². The molecule has 0 radical (unpaired) electrons. The molecule has 0 saturated heterocycles. The molecular weight excluding hydrogens is 417 g/mol. The Balaban J connectivity index is -0.000000347. The van der Waals surface area contributed by atoms with Crippen LogP contribution in [0, 0.1) is 0 Å². The number of aromatic carboxylic acids is 3. The van der Waals surface area contributed by atoms with E-state index in [-0.39, 0.29) is 105 Å². The second-order valence-corrected chi connectivity index (χ2v) is 4.96. The van der Waals surface area contributed by atoms with Crippen LogP contribution in [0.15, 0.2) is 91.0 Å². The van der Waals surface area contributed by atoms with Crippen LogP contribution in [-0.4, -0.2) is 17.9 Å². The Bertz CT molecular complexity index is 742. The van der Waals surface area contributed by atoms with Gasteiger partial charge in [-0.15, -0.1) is 0 Å². The Morgan fingerprint density at radius 2 is 0.567 bits per heavy atom. The van der Waals surface area contributed by atoms with E-state index >= 15 is 0 Å². The van der Waals surface area contributed by atoms with Gasteiger partial charge in [0, 0.05) is 0 Å². The number of carboxylic acid groups (broad SMARTS) is 3. The summed E-state index contributed by atoms with van der Waals surface area (Å²) < 4.78 is 0. The summed E-state index contributed by atoms with van der Waals surface area (Å²) in [6.45, 7) is 0. The van der Waals surface area contributed by atoms with Crippen molar-refractivity contribution in [1.82, 2.24) is 0 Å². The van der Waals surface area contributed by atoms with Crippen molar-refractivity contribution in [3.63, 3.8) is 0 Å². The van der Waals surface area contributed by atoms with Gasteiger partial charge in [0.2, 0.25) is 0 Å². The molecule has 30 heavy (non-hydrogen) atoms. The number of hydrogen-bond donors (Lipinski definition) is 0. The van der Waals surface area contributed by atoms with Crippen molar-refractivity contribution in [2.75, 3.05) is 0 Å². The molecule has 0 N–H and O–H groups in total. The van der Waals surface area contributed by atoms with Crippen LogP contribution in [0.2, 0.25) is 0 Å². The van der Waals surface area contributed by atoms with Crippen molar-refractivity contribution < 1.29 is 118 Å². The topological polar surface area (TPSA) is 120 Å². The zero-order chi connectivity index (χ0) is 20.1. The molecule has 0 aliphatic carbocycles. The molecule has 0 aliphatic rings. The average Bonchev–Trinajstić information content (AvgIpc) is 2.71. The largest absolute Gasteiger partial charge is 1.00 e. The molecule has 0 aliphatic heterocycles. The minimum Gasteiger partial charge on any atom is -0.545 e. The maximum Gasteiger partial charge on any atom is 1.00 e. The smallest absolute Gasteiger partial charge is 0.545 e. The number of benzene rings is 3. The van der Waals surface area contributed by atoms with Gasteiger partial charge in [-0.05, 0) is 16.7 Å². The van der Waals surface area contributed by atoms with Gasteiger partial charge in [0.25, 0.3) is 0 Å². The predicted octanol–water partition coefficient (Wildman–Crippen LogP) is -8.84. The van der Waals surface area contributed by atoms with E-state index in [0.717, 1.165) is 0 Å². The number of carboxylic acids is 3. The van der Waals surface area contributed by atoms with Crippen LogP contribution in [0.25, 0.3) is 0 Å². The molecule has 0 aromatic heterocycles. The van der Waals surface area contributed by atoms with Crippen LogP contribution in [-0.2, 0) is 0 Å². The molecule has 3 rings (SSSR count). The molecule has 0 amide bonds. The summed E-state index contributed by atoms with van der Waals surface area (Å²) in [5, 5.41) is 30.3. The van der Waals surface area contributed by atoms with Crippen LogP contribution in [0.3, 0.4) is 0 Å². The van der Waals surface area contributed by atoms with Gasteiger partial charge in [-0.1, -0.05) is 91.0 Å². The van der Waals surface area contributed by atoms with Gasteiger partial charge in [0.05, 0.1) is 17.9 Å². The van der Waals surface area contributed by atoms with Crippen LogP contribution in [0.1, 0.15) is 31.1 Å². The Morgan fingerprint density at radius 1 is 0.400 bits per heavy atom. The molecule has 3 aromatic carbocycles. The molecule has 138 valence electrons. The van der Waals surface area contributed by atoms with Crippen molar-refractivity contribution in [2.45, 2.75) is 0 Å². The summed E-state index contributed by atoms with van der Waals surface area (Å²) in [5.41, 5.74) is 0.660. The molecule has 0 heterocycles. The molecule has 0 spiro atoms. The Labute approximate surface area is 241 Å². The monoisotopic (exact) mass is 432 g/mol. The van der Waals surface area contributed by atoms with E-state index in [1.54, 1.807) is 54.6 Å².